The van der Waals surface area contributed by atoms with Crippen LogP contribution in [0.25, 0.3) is 11.3 Å². The molecule has 2 aromatic rings. The SMILES string of the molecule is N#Cc1ncc(-c2cnc(NC(=O)C3CC3)cn2)cc1NCC(=O)N1CC2(COC2)C1. The molecule has 158 valence electrons. The second kappa shape index (κ2) is 7.59. The Morgan fingerprint density at radius 3 is 2.61 bits per heavy atom. The molecule has 2 aliphatic heterocycles. The van der Waals surface area contributed by atoms with Gasteiger partial charge in [-0.15, -0.1) is 0 Å². The lowest BCUT2D eigenvalue weighted by Gasteiger charge is -2.54. The molecule has 0 unspecified atom stereocenters. The summed E-state index contributed by atoms with van der Waals surface area (Å²) in [7, 11) is 0. The average molecular weight is 419 g/mol. The Hall–Kier alpha value is -3.58. The number of hydrogen-bond acceptors (Lipinski definition) is 8. The molecule has 1 spiro atoms. The smallest absolute Gasteiger partial charge is 0.241 e. The number of pyridine rings is 1. The third-order valence-corrected chi connectivity index (χ3v) is 5.79. The van der Waals surface area contributed by atoms with Crippen molar-refractivity contribution in [2.24, 2.45) is 11.3 Å². The maximum absolute atomic E-state index is 12.4. The molecule has 3 fully saturated rings. The van der Waals surface area contributed by atoms with Gasteiger partial charge in [0, 0.05) is 30.8 Å². The molecule has 0 atom stereocenters. The van der Waals surface area contributed by atoms with Gasteiger partial charge in [-0.2, -0.15) is 5.26 Å². The van der Waals surface area contributed by atoms with Gasteiger partial charge in [-0.1, -0.05) is 0 Å². The van der Waals surface area contributed by atoms with Gasteiger partial charge in [0.2, 0.25) is 11.8 Å². The third-order valence-electron chi connectivity index (χ3n) is 5.79. The zero-order chi connectivity index (χ0) is 21.4. The first-order chi connectivity index (χ1) is 15.0. The van der Waals surface area contributed by atoms with E-state index < -0.39 is 0 Å². The molecule has 2 N–H and O–H groups in total. The van der Waals surface area contributed by atoms with Gasteiger partial charge in [0.1, 0.15) is 6.07 Å². The van der Waals surface area contributed by atoms with Gasteiger partial charge in [-0.25, -0.2) is 9.97 Å². The summed E-state index contributed by atoms with van der Waals surface area (Å²) in [6.45, 7) is 2.96. The van der Waals surface area contributed by atoms with Gasteiger partial charge < -0.3 is 20.3 Å². The lowest BCUT2D eigenvalue weighted by molar-refractivity contribution is -0.194. The van der Waals surface area contributed by atoms with Crippen molar-refractivity contribution in [1.82, 2.24) is 19.9 Å². The van der Waals surface area contributed by atoms with Crippen LogP contribution in [0.2, 0.25) is 0 Å². The minimum Gasteiger partial charge on any atom is -0.380 e. The fourth-order valence-electron chi connectivity index (χ4n) is 3.74. The van der Waals surface area contributed by atoms with Crippen LogP contribution < -0.4 is 10.6 Å². The topological polar surface area (TPSA) is 133 Å². The zero-order valence-corrected chi connectivity index (χ0v) is 16.8. The highest BCUT2D eigenvalue weighted by Crippen LogP contribution is 2.37. The second-order valence-electron chi connectivity index (χ2n) is 8.38. The van der Waals surface area contributed by atoms with E-state index in [9.17, 15) is 14.9 Å². The Morgan fingerprint density at radius 2 is 2.00 bits per heavy atom. The van der Waals surface area contributed by atoms with Crippen LogP contribution in [0, 0.1) is 22.7 Å². The Kier molecular flexibility index (Phi) is 4.75. The monoisotopic (exact) mass is 419 g/mol. The molecular formula is C21H21N7O3. The van der Waals surface area contributed by atoms with Crippen molar-refractivity contribution in [2.75, 3.05) is 43.5 Å². The van der Waals surface area contributed by atoms with E-state index in [0.717, 1.165) is 39.1 Å². The van der Waals surface area contributed by atoms with Gasteiger partial charge in [-0.05, 0) is 18.9 Å². The van der Waals surface area contributed by atoms with Crippen molar-refractivity contribution in [2.45, 2.75) is 12.8 Å². The minimum atomic E-state index is -0.0313. The molecule has 2 aromatic heterocycles. The van der Waals surface area contributed by atoms with Crippen LogP contribution in [0.5, 0.6) is 0 Å². The highest BCUT2D eigenvalue weighted by Gasteiger charge is 2.50. The third kappa shape index (κ3) is 3.92. The van der Waals surface area contributed by atoms with Gasteiger partial charge in [0.15, 0.2) is 11.5 Å². The molecule has 2 amide bonds. The van der Waals surface area contributed by atoms with E-state index in [1.807, 2.05) is 6.07 Å². The van der Waals surface area contributed by atoms with E-state index in [-0.39, 0.29) is 35.4 Å². The normalized spacial score (nSPS) is 18.5. The summed E-state index contributed by atoms with van der Waals surface area (Å²) < 4.78 is 5.23. The Morgan fingerprint density at radius 1 is 1.19 bits per heavy atom. The molecule has 4 heterocycles. The van der Waals surface area contributed by atoms with Crippen molar-refractivity contribution < 1.29 is 14.3 Å². The molecule has 3 aliphatic rings. The van der Waals surface area contributed by atoms with Crippen LogP contribution in [0.3, 0.4) is 0 Å². The zero-order valence-electron chi connectivity index (χ0n) is 16.8. The van der Waals surface area contributed by atoms with Gasteiger partial charge >= 0.3 is 0 Å². The van der Waals surface area contributed by atoms with Gasteiger partial charge in [0.05, 0.1) is 48.9 Å². The lowest BCUT2D eigenvalue weighted by Crippen LogP contribution is -2.67. The molecule has 1 aliphatic carbocycles. The van der Waals surface area contributed by atoms with Crippen LogP contribution in [0.15, 0.2) is 24.7 Å². The number of likely N-dealkylation sites (tertiary alicyclic amines) is 1. The Balaban J connectivity index is 1.24. The van der Waals surface area contributed by atoms with E-state index in [4.69, 9.17) is 4.74 Å². The molecule has 5 rings (SSSR count). The first-order valence-corrected chi connectivity index (χ1v) is 10.2. The fourth-order valence-corrected chi connectivity index (χ4v) is 3.74. The van der Waals surface area contributed by atoms with Crippen LogP contribution in [-0.4, -0.2) is 64.5 Å². The number of anilines is 2. The van der Waals surface area contributed by atoms with Crippen LogP contribution in [-0.2, 0) is 14.3 Å². The quantitative estimate of drug-likeness (QED) is 0.709. The van der Waals surface area contributed by atoms with Crippen molar-refractivity contribution in [3.63, 3.8) is 0 Å². The van der Waals surface area contributed by atoms with Crippen LogP contribution in [0.4, 0.5) is 11.5 Å². The van der Waals surface area contributed by atoms with E-state index in [1.54, 1.807) is 17.2 Å². The number of nitriles is 1. The molecule has 1 saturated carbocycles. The maximum Gasteiger partial charge on any atom is 0.241 e. The molecule has 10 heteroatoms. The summed E-state index contributed by atoms with van der Waals surface area (Å²) >= 11 is 0. The van der Waals surface area contributed by atoms with E-state index in [1.165, 1.54) is 12.4 Å². The summed E-state index contributed by atoms with van der Waals surface area (Å²) in [5.74, 6) is 0.429. The largest absolute Gasteiger partial charge is 0.380 e. The standard InChI is InChI=1S/C21H21N7O3/c22-4-16-15(25-8-19(29)28-9-21(10-28)11-31-12-21)3-14(5-23-16)17-6-26-18(7-24-17)27-20(30)13-1-2-13/h3,5-7,13,25H,1-2,8-12H2,(H,26,27,30). The van der Waals surface area contributed by atoms with E-state index in [2.05, 4.69) is 25.6 Å². The molecule has 2 saturated heterocycles. The molecule has 0 radical (unpaired) electrons. The number of carbonyl (C=O) groups is 2. The van der Waals surface area contributed by atoms with Crippen molar-refractivity contribution in [3.05, 3.63) is 30.4 Å². The van der Waals surface area contributed by atoms with Crippen molar-refractivity contribution >= 4 is 23.3 Å². The predicted octanol–water partition coefficient (Wildman–Crippen LogP) is 1.03. The predicted molar refractivity (Wildman–Crippen MR) is 110 cm³/mol. The van der Waals surface area contributed by atoms with Gasteiger partial charge in [-0.3, -0.25) is 14.6 Å². The second-order valence-corrected chi connectivity index (χ2v) is 8.38. The molecule has 0 bridgehead atoms. The molecule has 10 nitrogen and oxygen atoms in total. The number of hydrogen-bond donors (Lipinski definition) is 2. The first-order valence-electron chi connectivity index (χ1n) is 10.2. The van der Waals surface area contributed by atoms with Crippen LogP contribution >= 0.6 is 0 Å². The minimum absolute atomic E-state index is 0.0256. The Labute approximate surface area is 178 Å². The summed E-state index contributed by atoms with van der Waals surface area (Å²) in [5.41, 5.74) is 2.02. The fraction of sp³-hybridized carbons (Fsp3) is 0.429. The number of amides is 2. The number of rotatable bonds is 6. The highest BCUT2D eigenvalue weighted by molar-refractivity contribution is 5.93. The number of nitrogens with zero attached hydrogens (tertiary/aromatic N) is 5. The Bertz CT molecular complexity index is 1060. The van der Waals surface area contributed by atoms with Crippen molar-refractivity contribution in [1.29, 1.82) is 5.26 Å². The molecular weight excluding hydrogens is 398 g/mol. The summed E-state index contributed by atoms with van der Waals surface area (Å²) in [6, 6.07) is 3.76. The lowest BCUT2D eigenvalue weighted by atomic mass is 9.78. The first kappa shape index (κ1) is 19.4. The van der Waals surface area contributed by atoms with Gasteiger partial charge in [0.25, 0.3) is 0 Å². The van der Waals surface area contributed by atoms with Crippen molar-refractivity contribution in [3.8, 4) is 17.3 Å². The number of carbonyl (C=O) groups excluding carboxylic acids is 2. The summed E-state index contributed by atoms with van der Waals surface area (Å²) in [5, 5.41) is 15.1. The van der Waals surface area contributed by atoms with E-state index >= 15 is 0 Å². The molecule has 0 aromatic carbocycles. The molecule has 31 heavy (non-hydrogen) atoms. The van der Waals surface area contributed by atoms with E-state index in [0.29, 0.717) is 22.8 Å². The average Bonchev–Trinajstić information content (AvgIpc) is 3.56. The number of nitrogens with one attached hydrogen (secondary N) is 2. The summed E-state index contributed by atoms with van der Waals surface area (Å²) in [6.07, 6.45) is 6.40. The van der Waals surface area contributed by atoms with Crippen LogP contribution in [0.1, 0.15) is 18.5 Å². The number of aromatic nitrogens is 3. The number of ether oxygens (including phenoxy) is 1. The highest BCUT2D eigenvalue weighted by atomic mass is 16.5. The maximum atomic E-state index is 12.4. The summed E-state index contributed by atoms with van der Waals surface area (Å²) in [4.78, 5) is 38.8.